The van der Waals surface area contributed by atoms with Crippen molar-refractivity contribution in [2.75, 3.05) is 26.2 Å². The Balaban J connectivity index is 1.55. The molecule has 0 radical (unpaired) electrons. The van der Waals surface area contributed by atoms with Crippen LogP contribution < -0.4 is 5.73 Å². The highest BCUT2D eigenvalue weighted by molar-refractivity contribution is 5.94. The van der Waals surface area contributed by atoms with E-state index in [1.807, 2.05) is 4.90 Å². The van der Waals surface area contributed by atoms with Gasteiger partial charge in [0.1, 0.15) is 5.82 Å². The van der Waals surface area contributed by atoms with Crippen LogP contribution in [0.25, 0.3) is 0 Å². The van der Waals surface area contributed by atoms with Crippen LogP contribution in [-0.4, -0.2) is 53.8 Å². The van der Waals surface area contributed by atoms with Gasteiger partial charge in [-0.2, -0.15) is 0 Å². The lowest BCUT2D eigenvalue weighted by atomic mass is 9.85. The van der Waals surface area contributed by atoms with Crippen LogP contribution in [0.15, 0.2) is 24.3 Å². The van der Waals surface area contributed by atoms with Gasteiger partial charge in [0.25, 0.3) is 5.91 Å². The molecule has 2 aliphatic rings. The van der Waals surface area contributed by atoms with Crippen molar-refractivity contribution in [3.8, 4) is 0 Å². The number of nitrogens with zero attached hydrogens (tertiary/aromatic N) is 2. The van der Waals surface area contributed by atoms with Crippen LogP contribution in [-0.2, 0) is 4.79 Å². The Morgan fingerprint density at radius 2 is 1.79 bits per heavy atom. The van der Waals surface area contributed by atoms with E-state index in [1.165, 1.54) is 18.2 Å². The Labute approximate surface area is 141 Å². The lowest BCUT2D eigenvalue weighted by Crippen LogP contribution is -2.52. The number of piperazine rings is 1. The molecule has 1 aliphatic heterocycles. The van der Waals surface area contributed by atoms with Gasteiger partial charge in [0.15, 0.2) is 0 Å². The predicted molar refractivity (Wildman–Crippen MR) is 88.8 cm³/mol. The Kier molecular flexibility index (Phi) is 5.14. The summed E-state index contributed by atoms with van der Waals surface area (Å²) in [6, 6.07) is 5.86. The van der Waals surface area contributed by atoms with Gasteiger partial charge in [-0.3, -0.25) is 9.59 Å². The average molecular weight is 333 g/mol. The fourth-order valence-corrected chi connectivity index (χ4v) is 3.64. The van der Waals surface area contributed by atoms with Crippen LogP contribution >= 0.6 is 0 Å². The molecule has 1 aromatic rings. The largest absolute Gasteiger partial charge is 0.339 e. The molecule has 2 atom stereocenters. The molecule has 2 fully saturated rings. The summed E-state index contributed by atoms with van der Waals surface area (Å²) in [5, 5.41) is 0. The van der Waals surface area contributed by atoms with E-state index in [0.29, 0.717) is 31.7 Å². The zero-order chi connectivity index (χ0) is 17.1. The molecule has 0 aromatic heterocycles. The van der Waals surface area contributed by atoms with Crippen molar-refractivity contribution in [2.45, 2.75) is 31.7 Å². The molecule has 3 rings (SSSR count). The number of hydrogen-bond acceptors (Lipinski definition) is 3. The monoisotopic (exact) mass is 333 g/mol. The molecule has 1 aliphatic carbocycles. The van der Waals surface area contributed by atoms with E-state index >= 15 is 0 Å². The number of amides is 2. The highest BCUT2D eigenvalue weighted by Gasteiger charge is 2.31. The smallest absolute Gasteiger partial charge is 0.254 e. The van der Waals surface area contributed by atoms with Crippen LogP contribution in [0.1, 0.15) is 36.0 Å². The van der Waals surface area contributed by atoms with Crippen LogP contribution in [0.5, 0.6) is 0 Å². The lowest BCUT2D eigenvalue weighted by Gasteiger charge is -2.37. The van der Waals surface area contributed by atoms with Gasteiger partial charge in [-0.25, -0.2) is 4.39 Å². The maximum Gasteiger partial charge on any atom is 0.254 e. The Morgan fingerprint density at radius 3 is 2.46 bits per heavy atom. The molecule has 24 heavy (non-hydrogen) atoms. The van der Waals surface area contributed by atoms with Crippen LogP contribution in [0.2, 0.25) is 0 Å². The highest BCUT2D eigenvalue weighted by atomic mass is 19.1. The van der Waals surface area contributed by atoms with Gasteiger partial charge >= 0.3 is 0 Å². The van der Waals surface area contributed by atoms with Crippen LogP contribution in [0.3, 0.4) is 0 Å². The van der Waals surface area contributed by atoms with E-state index in [-0.39, 0.29) is 23.8 Å². The summed E-state index contributed by atoms with van der Waals surface area (Å²) in [5.74, 6) is -0.396. The summed E-state index contributed by atoms with van der Waals surface area (Å²) < 4.78 is 13.3. The van der Waals surface area contributed by atoms with Crippen molar-refractivity contribution in [1.29, 1.82) is 0 Å². The first-order valence-electron chi connectivity index (χ1n) is 8.64. The number of halogens is 1. The van der Waals surface area contributed by atoms with Crippen molar-refractivity contribution in [3.05, 3.63) is 35.6 Å². The number of nitrogens with two attached hydrogens (primary N) is 1. The summed E-state index contributed by atoms with van der Waals surface area (Å²) in [5.41, 5.74) is 6.33. The van der Waals surface area contributed by atoms with E-state index in [2.05, 4.69) is 0 Å². The zero-order valence-electron chi connectivity index (χ0n) is 13.8. The average Bonchev–Trinajstić information content (AvgIpc) is 2.60. The van der Waals surface area contributed by atoms with Crippen LogP contribution in [0, 0.1) is 11.7 Å². The van der Waals surface area contributed by atoms with Crippen molar-refractivity contribution >= 4 is 11.8 Å². The number of benzene rings is 1. The van der Waals surface area contributed by atoms with Gasteiger partial charge in [0.2, 0.25) is 5.91 Å². The van der Waals surface area contributed by atoms with E-state index < -0.39 is 5.82 Å². The topological polar surface area (TPSA) is 66.6 Å². The molecular weight excluding hydrogens is 309 g/mol. The molecular formula is C18H24FN3O2. The molecule has 2 N–H and O–H groups in total. The minimum absolute atomic E-state index is 0.0271. The van der Waals surface area contributed by atoms with E-state index in [0.717, 1.165) is 25.7 Å². The van der Waals surface area contributed by atoms with Gasteiger partial charge in [-0.15, -0.1) is 0 Å². The Bertz CT molecular complexity index is 614. The predicted octanol–water partition coefficient (Wildman–Crippen LogP) is 1.63. The van der Waals surface area contributed by atoms with Gasteiger partial charge in [0, 0.05) is 43.7 Å². The number of carbonyl (C=O) groups is 2. The zero-order valence-corrected chi connectivity index (χ0v) is 13.8. The molecule has 1 aromatic carbocycles. The van der Waals surface area contributed by atoms with Gasteiger partial charge in [-0.05, 0) is 37.5 Å². The van der Waals surface area contributed by atoms with E-state index in [1.54, 1.807) is 11.0 Å². The lowest BCUT2D eigenvalue weighted by molar-refractivity contribution is -0.138. The normalized spacial score (nSPS) is 24.8. The number of carbonyl (C=O) groups excluding carboxylic acids is 2. The maximum absolute atomic E-state index is 13.3. The second-order valence-corrected chi connectivity index (χ2v) is 6.75. The van der Waals surface area contributed by atoms with Gasteiger partial charge in [-0.1, -0.05) is 12.5 Å². The first kappa shape index (κ1) is 16.9. The summed E-state index contributed by atoms with van der Waals surface area (Å²) >= 11 is 0. The van der Waals surface area contributed by atoms with Crippen molar-refractivity contribution in [1.82, 2.24) is 9.80 Å². The molecule has 0 spiro atoms. The molecule has 0 bridgehead atoms. The Morgan fingerprint density at radius 1 is 1.08 bits per heavy atom. The van der Waals surface area contributed by atoms with E-state index in [9.17, 15) is 14.0 Å². The molecule has 1 saturated heterocycles. The second kappa shape index (κ2) is 7.30. The fraction of sp³-hybridized carbons (Fsp3) is 0.556. The highest BCUT2D eigenvalue weighted by Crippen LogP contribution is 2.25. The molecule has 5 nitrogen and oxygen atoms in total. The van der Waals surface area contributed by atoms with Crippen molar-refractivity contribution in [3.63, 3.8) is 0 Å². The molecule has 2 unspecified atom stereocenters. The summed E-state index contributed by atoms with van der Waals surface area (Å²) in [6.07, 6.45) is 3.69. The number of hydrogen-bond donors (Lipinski definition) is 1. The quantitative estimate of drug-likeness (QED) is 0.894. The van der Waals surface area contributed by atoms with Crippen molar-refractivity contribution in [2.24, 2.45) is 11.7 Å². The third-order valence-corrected chi connectivity index (χ3v) is 5.01. The standard InChI is InChI=1S/C18H24FN3O2/c19-15-5-1-3-13(11-15)17(23)21-7-9-22(10-8-21)18(24)14-4-2-6-16(20)12-14/h1,3,5,11,14,16H,2,4,6-10,12,20H2. The SMILES string of the molecule is NC1CCCC(C(=O)N2CCN(C(=O)c3cccc(F)c3)CC2)C1. The third-order valence-electron chi connectivity index (χ3n) is 5.01. The Hall–Kier alpha value is -1.95. The molecule has 2 amide bonds. The maximum atomic E-state index is 13.3. The summed E-state index contributed by atoms with van der Waals surface area (Å²) in [4.78, 5) is 28.6. The van der Waals surface area contributed by atoms with Gasteiger partial charge in [0.05, 0.1) is 0 Å². The fourth-order valence-electron chi connectivity index (χ4n) is 3.64. The first-order valence-corrected chi connectivity index (χ1v) is 8.64. The summed E-state index contributed by atoms with van der Waals surface area (Å²) in [6.45, 7) is 2.04. The minimum atomic E-state index is -0.414. The second-order valence-electron chi connectivity index (χ2n) is 6.75. The van der Waals surface area contributed by atoms with Crippen LogP contribution in [0.4, 0.5) is 4.39 Å². The molecule has 1 heterocycles. The molecule has 6 heteroatoms. The minimum Gasteiger partial charge on any atom is -0.339 e. The number of rotatable bonds is 2. The van der Waals surface area contributed by atoms with Gasteiger partial charge < -0.3 is 15.5 Å². The molecule has 130 valence electrons. The first-order chi connectivity index (χ1) is 11.5. The third kappa shape index (κ3) is 3.75. The summed E-state index contributed by atoms with van der Waals surface area (Å²) in [7, 11) is 0. The van der Waals surface area contributed by atoms with E-state index in [4.69, 9.17) is 5.73 Å². The molecule has 1 saturated carbocycles. The van der Waals surface area contributed by atoms with Crippen molar-refractivity contribution < 1.29 is 14.0 Å².